The van der Waals surface area contributed by atoms with Gasteiger partial charge in [-0.1, -0.05) is 25.7 Å². The van der Waals surface area contributed by atoms with Crippen LogP contribution >= 0.6 is 0 Å². The van der Waals surface area contributed by atoms with E-state index in [4.69, 9.17) is 4.74 Å². The summed E-state index contributed by atoms with van der Waals surface area (Å²) in [5, 5.41) is 10.1. The molecule has 1 fully saturated rings. The molecule has 1 heterocycles. The van der Waals surface area contributed by atoms with Crippen LogP contribution in [0, 0.1) is 11.8 Å². The number of unbranched alkanes of at least 4 members (excludes halogenated alkanes) is 3. The van der Waals surface area contributed by atoms with Crippen LogP contribution in [-0.4, -0.2) is 74.0 Å². The minimum Gasteiger partial charge on any atom is -0.494 e. The molecule has 8 nitrogen and oxygen atoms in total. The summed E-state index contributed by atoms with van der Waals surface area (Å²) >= 11 is 0. The molecule has 1 aliphatic heterocycles. The molecule has 1 N–H and O–H groups in total. The van der Waals surface area contributed by atoms with Crippen LogP contribution in [-0.2, 0) is 14.8 Å². The van der Waals surface area contributed by atoms with E-state index in [1.54, 1.807) is 0 Å². The van der Waals surface area contributed by atoms with E-state index in [1.165, 1.54) is 4.31 Å². The fourth-order valence-electron chi connectivity index (χ4n) is 3.36. The molecule has 0 aromatic heterocycles. The van der Waals surface area contributed by atoms with E-state index < -0.39 is 21.8 Å². The first-order chi connectivity index (χ1) is 14.9. The van der Waals surface area contributed by atoms with Crippen LogP contribution in [0.4, 0.5) is 5.69 Å². The number of anilines is 1. The molecule has 0 aliphatic carbocycles. The maximum Gasteiger partial charge on any atom is 0.234 e. The summed E-state index contributed by atoms with van der Waals surface area (Å²) in [4.78, 5) is 13.1. The van der Waals surface area contributed by atoms with Gasteiger partial charge in [-0.25, -0.2) is 13.5 Å². The molecule has 2 rings (SSSR count). The zero-order chi connectivity index (χ0) is 22.7. The van der Waals surface area contributed by atoms with Crippen molar-refractivity contribution in [3.8, 4) is 17.6 Å². The second-order valence-corrected chi connectivity index (χ2v) is 9.38. The molecule has 1 unspecified atom stereocenters. The van der Waals surface area contributed by atoms with Crippen LogP contribution < -0.4 is 9.64 Å². The quantitative estimate of drug-likeness (QED) is 0.183. The molecule has 0 spiro atoms. The van der Waals surface area contributed by atoms with Crippen molar-refractivity contribution in [1.29, 1.82) is 0 Å². The van der Waals surface area contributed by atoms with E-state index in [2.05, 4.69) is 23.7 Å². The van der Waals surface area contributed by atoms with Crippen LogP contribution in [0.2, 0.25) is 0 Å². The summed E-state index contributed by atoms with van der Waals surface area (Å²) in [7, 11) is -3.68. The van der Waals surface area contributed by atoms with Crippen LogP contribution in [0.3, 0.4) is 0 Å². The third-order valence-corrected chi connectivity index (χ3v) is 7.00. The Hall–Kier alpha value is -2.28. The average Bonchev–Trinajstić information content (AvgIpc) is 2.78. The van der Waals surface area contributed by atoms with E-state index in [1.807, 2.05) is 31.2 Å². The van der Waals surface area contributed by atoms with Crippen molar-refractivity contribution in [2.45, 2.75) is 45.6 Å². The smallest absolute Gasteiger partial charge is 0.234 e. The first-order valence-electron chi connectivity index (χ1n) is 10.8. The number of piperazine rings is 1. The van der Waals surface area contributed by atoms with Gasteiger partial charge in [-0.3, -0.25) is 10.0 Å². The number of hydrogen-bond donors (Lipinski definition) is 1. The number of carbonyl (C=O) groups excluding carboxylic acids is 1. The van der Waals surface area contributed by atoms with E-state index in [0.717, 1.165) is 30.7 Å². The molecule has 9 heteroatoms. The predicted octanol–water partition coefficient (Wildman–Crippen LogP) is 2.34. The number of amides is 1. The van der Waals surface area contributed by atoms with Crippen LogP contribution in [0.25, 0.3) is 0 Å². The van der Waals surface area contributed by atoms with Crippen molar-refractivity contribution in [1.82, 2.24) is 9.37 Å². The molecule has 1 atom stereocenters. The standard InChI is InChI=1S/C22H33N3O5S/c1-3-5-6-7-8-9-21(25(27)19-26)18-31(28,29)24-16-14-23(15-17-24)20-10-12-22(13-11-20)30-4-2/h10-13,19,21,27H,3-7,14-18H2,1-2H3. The number of hydroxylamine groups is 2. The molecule has 31 heavy (non-hydrogen) atoms. The van der Waals surface area contributed by atoms with Gasteiger partial charge in [-0.2, -0.15) is 4.31 Å². The zero-order valence-corrected chi connectivity index (χ0v) is 19.2. The topological polar surface area (TPSA) is 90.4 Å². The van der Waals surface area contributed by atoms with Gasteiger partial charge in [0.15, 0.2) is 0 Å². The molecule has 1 aromatic carbocycles. The Morgan fingerprint density at radius 1 is 1.16 bits per heavy atom. The van der Waals surface area contributed by atoms with Gasteiger partial charge in [0, 0.05) is 38.3 Å². The SMILES string of the molecule is CCCCCC#CC(CS(=O)(=O)N1CCN(c2ccc(OCC)cc2)CC1)N(O)C=O. The fourth-order valence-corrected chi connectivity index (χ4v) is 4.93. The van der Waals surface area contributed by atoms with Crippen molar-refractivity contribution < 1.29 is 23.2 Å². The number of nitrogens with zero attached hydrogens (tertiary/aromatic N) is 3. The first kappa shape index (κ1) is 25.0. The molecular weight excluding hydrogens is 418 g/mol. The highest BCUT2D eigenvalue weighted by atomic mass is 32.2. The van der Waals surface area contributed by atoms with Crippen molar-refractivity contribution in [2.75, 3.05) is 43.4 Å². The van der Waals surface area contributed by atoms with Crippen molar-refractivity contribution in [3.63, 3.8) is 0 Å². The van der Waals surface area contributed by atoms with Gasteiger partial charge in [0.2, 0.25) is 16.4 Å². The molecule has 0 radical (unpaired) electrons. The lowest BCUT2D eigenvalue weighted by molar-refractivity contribution is -0.153. The minimum atomic E-state index is -3.68. The van der Waals surface area contributed by atoms with Crippen molar-refractivity contribution >= 4 is 22.1 Å². The average molecular weight is 452 g/mol. The van der Waals surface area contributed by atoms with E-state index in [0.29, 0.717) is 44.3 Å². The molecule has 1 aliphatic rings. The van der Waals surface area contributed by atoms with E-state index in [-0.39, 0.29) is 6.41 Å². The highest BCUT2D eigenvalue weighted by Gasteiger charge is 2.31. The molecule has 0 bridgehead atoms. The summed E-state index contributed by atoms with van der Waals surface area (Å²) in [5.74, 6) is 6.01. The summed E-state index contributed by atoms with van der Waals surface area (Å²) in [6, 6.07) is 6.66. The Morgan fingerprint density at radius 3 is 2.42 bits per heavy atom. The van der Waals surface area contributed by atoms with E-state index >= 15 is 0 Å². The monoisotopic (exact) mass is 451 g/mol. The second-order valence-electron chi connectivity index (χ2n) is 7.37. The Kier molecular flexibility index (Phi) is 10.1. The van der Waals surface area contributed by atoms with E-state index in [9.17, 15) is 18.4 Å². The molecule has 0 saturated carbocycles. The Balaban J connectivity index is 1.96. The van der Waals surface area contributed by atoms with Gasteiger partial charge in [-0.15, -0.1) is 5.92 Å². The summed E-state index contributed by atoms with van der Waals surface area (Å²) in [6.07, 6.45) is 3.81. The lowest BCUT2D eigenvalue weighted by Gasteiger charge is -2.36. The third kappa shape index (κ3) is 7.73. The second kappa shape index (κ2) is 12.5. The maximum absolute atomic E-state index is 12.9. The normalized spacial score (nSPS) is 15.6. The number of ether oxygens (including phenoxy) is 1. The van der Waals surface area contributed by atoms with Gasteiger partial charge < -0.3 is 9.64 Å². The Labute approximate surface area is 185 Å². The van der Waals surface area contributed by atoms with Crippen LogP contribution in [0.5, 0.6) is 5.75 Å². The molecule has 1 saturated heterocycles. The maximum atomic E-state index is 12.9. The molecular formula is C22H33N3O5S. The Bertz CT molecular complexity index is 840. The van der Waals surface area contributed by atoms with Gasteiger partial charge in [-0.05, 0) is 37.6 Å². The van der Waals surface area contributed by atoms with Crippen molar-refractivity contribution in [3.05, 3.63) is 24.3 Å². The molecule has 1 aromatic rings. The summed E-state index contributed by atoms with van der Waals surface area (Å²) in [5.41, 5.74) is 1.01. The molecule has 1 amide bonds. The number of rotatable bonds is 11. The fraction of sp³-hybridized carbons (Fsp3) is 0.591. The zero-order valence-electron chi connectivity index (χ0n) is 18.4. The highest BCUT2D eigenvalue weighted by molar-refractivity contribution is 7.89. The van der Waals surface area contributed by atoms with Crippen molar-refractivity contribution in [2.24, 2.45) is 0 Å². The largest absolute Gasteiger partial charge is 0.494 e. The van der Waals surface area contributed by atoms with Gasteiger partial charge in [0.1, 0.15) is 11.8 Å². The number of carbonyl (C=O) groups is 1. The predicted molar refractivity (Wildman–Crippen MR) is 121 cm³/mol. The molecule has 172 valence electrons. The van der Waals surface area contributed by atoms with Gasteiger partial charge >= 0.3 is 0 Å². The van der Waals surface area contributed by atoms with Crippen LogP contribution in [0.1, 0.15) is 39.5 Å². The van der Waals surface area contributed by atoms with Gasteiger partial charge in [0.05, 0.1) is 12.4 Å². The lowest BCUT2D eigenvalue weighted by atomic mass is 10.2. The lowest BCUT2D eigenvalue weighted by Crippen LogP contribution is -2.51. The van der Waals surface area contributed by atoms with Gasteiger partial charge in [0.25, 0.3) is 0 Å². The highest BCUT2D eigenvalue weighted by Crippen LogP contribution is 2.21. The third-order valence-electron chi connectivity index (χ3n) is 5.11. The summed E-state index contributed by atoms with van der Waals surface area (Å²) in [6.45, 7) is 6.39. The number of benzene rings is 1. The number of hydrogen-bond acceptors (Lipinski definition) is 6. The van der Waals surface area contributed by atoms with Crippen LogP contribution in [0.15, 0.2) is 24.3 Å². The summed E-state index contributed by atoms with van der Waals surface area (Å²) < 4.78 is 32.6. The minimum absolute atomic E-state index is 0.199. The Morgan fingerprint density at radius 2 is 1.84 bits per heavy atom. The number of sulfonamides is 1. The first-order valence-corrected chi connectivity index (χ1v) is 12.4.